The van der Waals surface area contributed by atoms with Gasteiger partial charge in [0.15, 0.2) is 0 Å². The number of benzene rings is 3. The van der Waals surface area contributed by atoms with E-state index in [9.17, 15) is 9.59 Å². The second-order valence-electron chi connectivity index (χ2n) is 7.35. The lowest BCUT2D eigenvalue weighted by Gasteiger charge is -2.20. The maximum atomic E-state index is 12.4. The molecule has 0 heterocycles. The molecule has 0 fully saturated rings. The molecular weight excluding hydrogens is 378 g/mol. The first kappa shape index (κ1) is 21.2. The van der Waals surface area contributed by atoms with Crippen LogP contribution >= 0.6 is 0 Å². The molecule has 3 aromatic rings. The molecule has 0 spiro atoms. The van der Waals surface area contributed by atoms with Gasteiger partial charge in [-0.2, -0.15) is 0 Å². The van der Waals surface area contributed by atoms with Crippen LogP contribution < -0.4 is 16.4 Å². The highest BCUT2D eigenvalue weighted by atomic mass is 16.3. The number of nitrogens with two attached hydrogens (primary N) is 1. The minimum atomic E-state index is -1.37. The van der Waals surface area contributed by atoms with Crippen LogP contribution in [0.3, 0.4) is 0 Å². The van der Waals surface area contributed by atoms with E-state index in [0.29, 0.717) is 17.8 Å². The molecule has 0 saturated heterocycles. The normalized spacial score (nSPS) is 12.6. The Morgan fingerprint density at radius 3 is 2.10 bits per heavy atom. The minimum Gasteiger partial charge on any atom is -0.394 e. The summed E-state index contributed by atoms with van der Waals surface area (Å²) in [4.78, 5) is 24.4. The molecule has 0 aliphatic heterocycles. The number of aliphatic hydroxyl groups excluding tert-OH is 1. The van der Waals surface area contributed by atoms with Crippen LogP contribution in [0.15, 0.2) is 78.9 Å². The summed E-state index contributed by atoms with van der Waals surface area (Å²) in [6.45, 7) is 1.39. The van der Waals surface area contributed by atoms with E-state index in [1.54, 1.807) is 24.3 Å². The molecule has 0 bridgehead atoms. The minimum absolute atomic E-state index is 0.209. The summed E-state index contributed by atoms with van der Waals surface area (Å²) < 4.78 is 0. The molecule has 0 aromatic heterocycles. The number of anilines is 1. The van der Waals surface area contributed by atoms with Crippen LogP contribution in [-0.2, 0) is 11.3 Å². The van der Waals surface area contributed by atoms with Gasteiger partial charge in [0.25, 0.3) is 5.91 Å². The van der Waals surface area contributed by atoms with E-state index in [-0.39, 0.29) is 5.91 Å². The van der Waals surface area contributed by atoms with Crippen LogP contribution in [0.25, 0.3) is 11.1 Å². The fourth-order valence-electron chi connectivity index (χ4n) is 2.78. The van der Waals surface area contributed by atoms with Crippen molar-refractivity contribution < 1.29 is 14.7 Å². The number of hydrogen-bond acceptors (Lipinski definition) is 4. The number of nitrogens with one attached hydrogen (secondary N) is 2. The van der Waals surface area contributed by atoms with Crippen LogP contribution in [0.5, 0.6) is 0 Å². The van der Waals surface area contributed by atoms with Gasteiger partial charge in [0.05, 0.1) is 6.61 Å². The predicted octanol–water partition coefficient (Wildman–Crippen LogP) is 2.93. The quantitative estimate of drug-likeness (QED) is 0.487. The van der Waals surface area contributed by atoms with Crippen LogP contribution in [0.1, 0.15) is 22.8 Å². The fourth-order valence-corrected chi connectivity index (χ4v) is 2.78. The molecule has 1 atom stereocenters. The third-order valence-electron chi connectivity index (χ3n) is 4.77. The van der Waals surface area contributed by atoms with Gasteiger partial charge >= 0.3 is 0 Å². The van der Waals surface area contributed by atoms with Crippen molar-refractivity contribution in [3.8, 4) is 11.1 Å². The van der Waals surface area contributed by atoms with Crippen molar-refractivity contribution >= 4 is 17.5 Å². The Kier molecular flexibility index (Phi) is 6.61. The SMILES string of the molecule is C[C@](N)(CO)C(=O)Nc1ccc(C(=O)NCc2ccc(-c3ccccc3)cc2)cc1. The summed E-state index contributed by atoms with van der Waals surface area (Å²) >= 11 is 0. The van der Waals surface area contributed by atoms with Crippen molar-refractivity contribution in [1.82, 2.24) is 5.32 Å². The summed E-state index contributed by atoms with van der Waals surface area (Å²) in [6, 6.07) is 24.6. The first-order valence-corrected chi connectivity index (χ1v) is 9.63. The Hall–Kier alpha value is -3.48. The van der Waals surface area contributed by atoms with E-state index in [1.807, 2.05) is 42.5 Å². The number of aliphatic hydroxyl groups is 1. The second-order valence-corrected chi connectivity index (χ2v) is 7.35. The third-order valence-corrected chi connectivity index (χ3v) is 4.77. The van der Waals surface area contributed by atoms with E-state index in [0.717, 1.165) is 16.7 Å². The average Bonchev–Trinajstić information content (AvgIpc) is 2.79. The standard InChI is InChI=1S/C24H25N3O3/c1-24(25,16-28)23(30)27-21-13-11-20(12-14-21)22(29)26-15-17-7-9-19(10-8-17)18-5-3-2-4-6-18/h2-14,28H,15-16,25H2,1H3,(H,26,29)(H,27,30)/t24-/m0/s1. The summed E-state index contributed by atoms with van der Waals surface area (Å²) in [5, 5.41) is 14.7. The molecule has 154 valence electrons. The maximum Gasteiger partial charge on any atom is 0.251 e. The molecule has 30 heavy (non-hydrogen) atoms. The number of amides is 2. The van der Waals surface area contributed by atoms with Gasteiger partial charge in [-0.05, 0) is 47.9 Å². The lowest BCUT2D eigenvalue weighted by Crippen LogP contribution is -2.51. The molecule has 3 rings (SSSR count). The summed E-state index contributed by atoms with van der Waals surface area (Å²) in [7, 11) is 0. The Labute approximate surface area is 175 Å². The lowest BCUT2D eigenvalue weighted by molar-refractivity contribution is -0.121. The highest BCUT2D eigenvalue weighted by molar-refractivity contribution is 5.99. The number of hydrogen-bond donors (Lipinski definition) is 4. The van der Waals surface area contributed by atoms with Crippen LogP contribution in [-0.4, -0.2) is 29.1 Å². The zero-order valence-corrected chi connectivity index (χ0v) is 16.8. The Morgan fingerprint density at radius 2 is 1.50 bits per heavy atom. The Bertz CT molecular complexity index is 998. The fraction of sp³-hybridized carbons (Fsp3) is 0.167. The van der Waals surface area contributed by atoms with Gasteiger partial charge in [-0.15, -0.1) is 0 Å². The van der Waals surface area contributed by atoms with E-state index >= 15 is 0 Å². The molecule has 0 unspecified atom stereocenters. The Balaban J connectivity index is 1.55. The third kappa shape index (κ3) is 5.31. The smallest absolute Gasteiger partial charge is 0.251 e. The molecule has 3 aromatic carbocycles. The van der Waals surface area contributed by atoms with E-state index in [4.69, 9.17) is 10.8 Å². The lowest BCUT2D eigenvalue weighted by atomic mass is 10.0. The topological polar surface area (TPSA) is 104 Å². The van der Waals surface area contributed by atoms with Gasteiger partial charge in [-0.25, -0.2) is 0 Å². The second kappa shape index (κ2) is 9.35. The summed E-state index contributed by atoms with van der Waals surface area (Å²) in [5.41, 5.74) is 8.57. The van der Waals surface area contributed by atoms with Crippen molar-refractivity contribution in [3.05, 3.63) is 90.0 Å². The van der Waals surface area contributed by atoms with Crippen LogP contribution in [0.4, 0.5) is 5.69 Å². The summed E-state index contributed by atoms with van der Waals surface area (Å²) in [6.07, 6.45) is 0. The van der Waals surface area contributed by atoms with Gasteiger partial charge in [-0.1, -0.05) is 54.6 Å². The highest BCUT2D eigenvalue weighted by Gasteiger charge is 2.27. The van der Waals surface area contributed by atoms with Crippen molar-refractivity contribution in [1.29, 1.82) is 0 Å². The van der Waals surface area contributed by atoms with Gasteiger partial charge in [0.2, 0.25) is 5.91 Å². The molecule has 0 radical (unpaired) electrons. The predicted molar refractivity (Wildman–Crippen MR) is 118 cm³/mol. The monoisotopic (exact) mass is 403 g/mol. The number of carbonyl (C=O) groups excluding carboxylic acids is 2. The van der Waals surface area contributed by atoms with E-state index in [1.165, 1.54) is 6.92 Å². The van der Waals surface area contributed by atoms with Crippen molar-refractivity contribution in [2.75, 3.05) is 11.9 Å². The van der Waals surface area contributed by atoms with Gasteiger partial charge in [0, 0.05) is 17.8 Å². The molecule has 2 amide bonds. The number of rotatable bonds is 7. The molecule has 6 nitrogen and oxygen atoms in total. The van der Waals surface area contributed by atoms with Crippen molar-refractivity contribution in [2.45, 2.75) is 19.0 Å². The first-order valence-electron chi connectivity index (χ1n) is 9.63. The zero-order valence-electron chi connectivity index (χ0n) is 16.8. The van der Waals surface area contributed by atoms with Crippen molar-refractivity contribution in [3.63, 3.8) is 0 Å². The Morgan fingerprint density at radius 1 is 0.900 bits per heavy atom. The van der Waals surface area contributed by atoms with Gasteiger partial charge in [-0.3, -0.25) is 9.59 Å². The van der Waals surface area contributed by atoms with E-state index < -0.39 is 18.1 Å². The maximum absolute atomic E-state index is 12.4. The average molecular weight is 403 g/mol. The number of carbonyl (C=O) groups is 2. The van der Waals surface area contributed by atoms with E-state index in [2.05, 4.69) is 22.8 Å². The molecule has 0 saturated carbocycles. The molecular formula is C24H25N3O3. The van der Waals surface area contributed by atoms with Gasteiger partial charge < -0.3 is 21.5 Å². The molecule has 6 heteroatoms. The largest absolute Gasteiger partial charge is 0.394 e. The zero-order chi connectivity index (χ0) is 21.6. The summed E-state index contributed by atoms with van der Waals surface area (Å²) in [5.74, 6) is -0.708. The molecule has 5 N–H and O–H groups in total. The van der Waals surface area contributed by atoms with Crippen molar-refractivity contribution in [2.24, 2.45) is 5.73 Å². The molecule has 0 aliphatic carbocycles. The van der Waals surface area contributed by atoms with Crippen LogP contribution in [0, 0.1) is 0 Å². The highest BCUT2D eigenvalue weighted by Crippen LogP contribution is 2.19. The molecule has 0 aliphatic rings. The van der Waals surface area contributed by atoms with Gasteiger partial charge in [0.1, 0.15) is 5.54 Å². The van der Waals surface area contributed by atoms with Crippen LogP contribution in [0.2, 0.25) is 0 Å². The first-order chi connectivity index (χ1) is 14.4.